The van der Waals surface area contributed by atoms with Crippen molar-refractivity contribution in [1.82, 2.24) is 0 Å². The molecule has 10 rings (SSSR count). The van der Waals surface area contributed by atoms with Crippen molar-refractivity contribution in [2.24, 2.45) is 0 Å². The zero-order valence-corrected chi connectivity index (χ0v) is 24.4. The van der Waals surface area contributed by atoms with Gasteiger partial charge in [0, 0.05) is 22.1 Å². The number of rotatable bonds is 4. The topological polar surface area (TPSA) is 13.1 Å². The second-order valence-electron chi connectivity index (χ2n) is 10.5. The van der Waals surface area contributed by atoms with E-state index in [1.54, 1.807) is 0 Å². The normalized spacial score (nSPS) is 20.2. The standard InChI is InChI=1S/C48H30O/c1-3-14-31(15-4-1)34-27-29-43-44(30-34)49-48(42-25-13-24-36-35-19-8-7-16-32(35)26-28-37(36)42)47(43)46-40-22-11-9-20-38(40)45(33-17-5-2-6-18-33)39-21-10-12-23-41(39)46/h1-30H/i1D,2D,3D,4D,5D,6D,7D,8D,9D,10D,11D,12D,13D,14D,15D,16D,17D,18D,19D,20D,21D,22D,23D,24D,25D,26D,27D,28D,29D,30D. The molecule has 0 spiro atoms. The van der Waals surface area contributed by atoms with Gasteiger partial charge in [0.15, 0.2) is 0 Å². The molecule has 9 aromatic carbocycles. The number of hydrogen-bond donors (Lipinski definition) is 0. The lowest BCUT2D eigenvalue weighted by molar-refractivity contribution is 0.633. The summed E-state index contributed by atoms with van der Waals surface area (Å²) in [4.78, 5) is 0. The summed E-state index contributed by atoms with van der Waals surface area (Å²) in [7, 11) is 0. The van der Waals surface area contributed by atoms with Crippen LogP contribution in [0, 0.1) is 0 Å². The van der Waals surface area contributed by atoms with E-state index in [-0.39, 0.29) is 0 Å². The molecule has 1 aromatic heterocycles. The summed E-state index contributed by atoms with van der Waals surface area (Å²) in [5.74, 6) is -0.982. The van der Waals surface area contributed by atoms with Gasteiger partial charge in [-0.2, -0.15) is 0 Å². The van der Waals surface area contributed by atoms with Crippen molar-refractivity contribution in [3.05, 3.63) is 181 Å². The fraction of sp³-hybridized carbons (Fsp3) is 0. The van der Waals surface area contributed by atoms with Gasteiger partial charge in [-0.1, -0.05) is 169 Å². The zero-order valence-electron chi connectivity index (χ0n) is 54.4. The number of hydrogen-bond acceptors (Lipinski definition) is 1. The highest BCUT2D eigenvalue weighted by Gasteiger charge is 2.25. The quantitative estimate of drug-likeness (QED) is 0.136. The molecule has 49 heavy (non-hydrogen) atoms. The second kappa shape index (κ2) is 11.1. The van der Waals surface area contributed by atoms with Gasteiger partial charge < -0.3 is 4.42 Å². The van der Waals surface area contributed by atoms with E-state index >= 15 is 0 Å². The average Bonchev–Trinajstić information content (AvgIpc) is 3.40. The molecule has 0 saturated heterocycles. The van der Waals surface area contributed by atoms with E-state index in [4.69, 9.17) is 29.1 Å². The first kappa shape index (κ1) is 11.1. The highest BCUT2D eigenvalue weighted by atomic mass is 16.3. The van der Waals surface area contributed by atoms with E-state index in [1.807, 2.05) is 0 Å². The van der Waals surface area contributed by atoms with Crippen molar-refractivity contribution < 1.29 is 45.5 Å². The fourth-order valence-corrected chi connectivity index (χ4v) is 5.93. The fourth-order valence-electron chi connectivity index (χ4n) is 5.93. The third kappa shape index (κ3) is 4.33. The predicted octanol–water partition coefficient (Wildman–Crippen LogP) is 13.7. The first-order valence-electron chi connectivity index (χ1n) is 29.4. The smallest absolute Gasteiger partial charge is 0.143 e. The van der Waals surface area contributed by atoms with Gasteiger partial charge in [0.25, 0.3) is 0 Å². The van der Waals surface area contributed by atoms with Crippen molar-refractivity contribution in [3.63, 3.8) is 0 Å². The SMILES string of the molecule is [2H]c1c([2H])c([2H])c(-c2c([2H])c([2H])c3c(-c4c5c([2H])c([2H])c([2H])c([2H])c5c(-c5c([2H])c([2H])c([2H])c([2H])c5[2H])c5c([2H])c([2H])c([2H])c([2H])c45)c(-c4c([2H])c([2H])c([2H])c5c4c([2H])c([2H])c4c([2H])c([2H])c([2H])c([2H])c45)oc3c2[2H])c([2H])c1[2H]. The number of fused-ring (bicyclic) bond motifs is 6. The van der Waals surface area contributed by atoms with Crippen LogP contribution < -0.4 is 0 Å². The summed E-state index contributed by atoms with van der Waals surface area (Å²) in [5.41, 5.74) is -6.69. The first-order valence-corrected chi connectivity index (χ1v) is 14.4. The summed E-state index contributed by atoms with van der Waals surface area (Å²) in [6, 6.07) is -29.8. The molecule has 0 atom stereocenters. The monoisotopic (exact) mass is 652 g/mol. The highest BCUT2D eigenvalue weighted by Crippen LogP contribution is 2.51. The van der Waals surface area contributed by atoms with Crippen LogP contribution in [0.15, 0.2) is 186 Å². The Morgan fingerprint density at radius 2 is 0.878 bits per heavy atom. The van der Waals surface area contributed by atoms with Gasteiger partial charge >= 0.3 is 0 Å². The van der Waals surface area contributed by atoms with Crippen molar-refractivity contribution in [2.75, 3.05) is 0 Å². The Balaban J connectivity index is 1.62. The van der Waals surface area contributed by atoms with Crippen LogP contribution in [0.25, 0.3) is 98.8 Å². The Kier molecular flexibility index (Phi) is 2.50. The van der Waals surface area contributed by atoms with Crippen LogP contribution in [0.2, 0.25) is 0 Å². The molecule has 0 aliphatic carbocycles. The van der Waals surface area contributed by atoms with Gasteiger partial charge in [-0.25, -0.2) is 0 Å². The number of benzene rings is 9. The lowest BCUT2D eigenvalue weighted by Crippen LogP contribution is -1.92. The Morgan fingerprint density at radius 3 is 1.57 bits per heavy atom. The van der Waals surface area contributed by atoms with Crippen molar-refractivity contribution in [1.29, 1.82) is 0 Å². The zero-order chi connectivity index (χ0) is 58.4. The Bertz CT molecular complexity index is 4460. The molecule has 0 fully saturated rings. The molecule has 10 aromatic rings. The van der Waals surface area contributed by atoms with Crippen LogP contribution >= 0.6 is 0 Å². The van der Waals surface area contributed by atoms with Gasteiger partial charge in [0.1, 0.15) is 11.3 Å². The number of furan rings is 1. The predicted molar refractivity (Wildman–Crippen MR) is 208 cm³/mol. The van der Waals surface area contributed by atoms with Crippen LogP contribution in [-0.2, 0) is 0 Å². The maximum atomic E-state index is 9.81. The molecule has 1 heteroatoms. The summed E-state index contributed by atoms with van der Waals surface area (Å²) in [6.07, 6.45) is 0. The molecule has 0 aliphatic rings. The average molecular weight is 653 g/mol. The Hall–Kier alpha value is -6.44. The van der Waals surface area contributed by atoms with Crippen molar-refractivity contribution in [3.8, 4) is 44.7 Å². The lowest BCUT2D eigenvalue weighted by Gasteiger charge is -2.18. The molecule has 1 heterocycles. The highest BCUT2D eigenvalue weighted by molar-refractivity contribution is 6.25. The van der Waals surface area contributed by atoms with Gasteiger partial charge in [-0.3, -0.25) is 0 Å². The van der Waals surface area contributed by atoms with Gasteiger partial charge in [0.2, 0.25) is 0 Å². The van der Waals surface area contributed by atoms with Crippen molar-refractivity contribution in [2.45, 2.75) is 0 Å². The van der Waals surface area contributed by atoms with Crippen molar-refractivity contribution >= 4 is 54.1 Å². The van der Waals surface area contributed by atoms with E-state index in [9.17, 15) is 16.4 Å². The summed E-state index contributed by atoms with van der Waals surface area (Å²) in [5, 5.41) is -6.70. The summed E-state index contributed by atoms with van der Waals surface area (Å²) >= 11 is 0. The third-order valence-corrected chi connectivity index (χ3v) is 7.94. The molecule has 0 unspecified atom stereocenters. The molecular weight excluding hydrogens is 593 g/mol. The molecule has 0 N–H and O–H groups in total. The van der Waals surface area contributed by atoms with Crippen LogP contribution in [0.1, 0.15) is 41.1 Å². The Morgan fingerprint density at radius 1 is 0.327 bits per heavy atom. The summed E-state index contributed by atoms with van der Waals surface area (Å²) in [6.45, 7) is 0. The van der Waals surface area contributed by atoms with Crippen LogP contribution in [0.4, 0.5) is 0 Å². The van der Waals surface area contributed by atoms with Crippen LogP contribution in [0.3, 0.4) is 0 Å². The maximum absolute atomic E-state index is 9.81. The van der Waals surface area contributed by atoms with E-state index < -0.39 is 280 Å². The minimum atomic E-state index is -1.10. The van der Waals surface area contributed by atoms with Crippen LogP contribution in [0.5, 0.6) is 0 Å². The van der Waals surface area contributed by atoms with E-state index in [1.165, 1.54) is 0 Å². The van der Waals surface area contributed by atoms with Crippen LogP contribution in [-0.4, -0.2) is 0 Å². The van der Waals surface area contributed by atoms with Gasteiger partial charge in [-0.05, 0) is 77.4 Å². The van der Waals surface area contributed by atoms with E-state index in [2.05, 4.69) is 0 Å². The molecule has 0 aliphatic heterocycles. The lowest BCUT2D eigenvalue weighted by atomic mass is 9.84. The summed E-state index contributed by atoms with van der Waals surface area (Å²) < 4.78 is 278. The van der Waals surface area contributed by atoms with E-state index in [0.717, 1.165) is 0 Å². The minimum absolute atomic E-state index is 0.610. The molecule has 0 amide bonds. The minimum Gasteiger partial charge on any atom is -0.455 e. The third-order valence-electron chi connectivity index (χ3n) is 7.94. The molecular formula is C48H30O. The van der Waals surface area contributed by atoms with Gasteiger partial charge in [0.05, 0.1) is 41.1 Å². The molecule has 228 valence electrons. The largest absolute Gasteiger partial charge is 0.455 e. The molecule has 0 bridgehead atoms. The first-order chi connectivity index (χ1) is 36.8. The molecule has 0 saturated carbocycles. The Labute approximate surface area is 326 Å². The maximum Gasteiger partial charge on any atom is 0.143 e. The molecule has 1 nitrogen and oxygen atoms in total. The second-order valence-corrected chi connectivity index (χ2v) is 10.5. The van der Waals surface area contributed by atoms with Gasteiger partial charge in [-0.15, -0.1) is 0 Å². The molecule has 0 radical (unpaired) electrons. The van der Waals surface area contributed by atoms with E-state index in [0.29, 0.717) is 0 Å².